The molecule has 1 aromatic carbocycles. The Morgan fingerprint density at radius 2 is 1.89 bits per heavy atom. The minimum atomic E-state index is -2.81. The monoisotopic (exact) mass is 663 g/mol. The highest BCUT2D eigenvalue weighted by atomic mass is 35.5. The van der Waals surface area contributed by atoms with Crippen molar-refractivity contribution in [2.45, 2.75) is 45.1 Å². The lowest BCUT2D eigenvalue weighted by Gasteiger charge is -2.20. The number of alkyl halides is 2. The Morgan fingerprint density at radius 3 is 2.64 bits per heavy atom. The summed E-state index contributed by atoms with van der Waals surface area (Å²) in [6, 6.07) is 10.3. The summed E-state index contributed by atoms with van der Waals surface area (Å²) in [6.07, 6.45) is 3.73. The number of nitrogens with zero attached hydrogens (tertiary/aromatic N) is 8. The van der Waals surface area contributed by atoms with Gasteiger partial charge in [-0.05, 0) is 43.2 Å². The van der Waals surface area contributed by atoms with Crippen molar-refractivity contribution < 1.29 is 23.1 Å². The van der Waals surface area contributed by atoms with Crippen LogP contribution in [0.15, 0.2) is 66.0 Å². The van der Waals surface area contributed by atoms with Gasteiger partial charge in [-0.15, -0.1) is 5.10 Å². The number of pyridine rings is 1. The van der Waals surface area contributed by atoms with Crippen molar-refractivity contribution in [3.8, 4) is 22.6 Å². The number of carbonyl (C=O) groups excluding carboxylic acids is 2. The third-order valence-corrected chi connectivity index (χ3v) is 8.14. The number of hydrogen-bond acceptors (Lipinski definition) is 9. The maximum Gasteiger partial charge on any atom is 0.358 e. The molecule has 0 saturated heterocycles. The summed E-state index contributed by atoms with van der Waals surface area (Å²) in [4.78, 5) is 48.2. The van der Waals surface area contributed by atoms with Gasteiger partial charge in [0.25, 0.3) is 12.0 Å². The van der Waals surface area contributed by atoms with Crippen molar-refractivity contribution >= 4 is 29.3 Å². The van der Waals surface area contributed by atoms with Crippen LogP contribution >= 0.6 is 11.6 Å². The van der Waals surface area contributed by atoms with Crippen molar-refractivity contribution in [3.05, 3.63) is 93.6 Å². The zero-order valence-electron chi connectivity index (χ0n) is 25.2. The number of esters is 1. The topological polar surface area (TPSA) is 152 Å². The highest BCUT2D eigenvalue weighted by molar-refractivity contribution is 6.31. The zero-order chi connectivity index (χ0) is 33.2. The Kier molecular flexibility index (Phi) is 8.89. The van der Waals surface area contributed by atoms with Crippen LogP contribution in [0.2, 0.25) is 5.02 Å². The van der Waals surface area contributed by atoms with E-state index < -0.39 is 29.7 Å². The van der Waals surface area contributed by atoms with Gasteiger partial charge >= 0.3 is 5.97 Å². The molecule has 5 heterocycles. The molecule has 5 aromatic rings. The highest BCUT2D eigenvalue weighted by Crippen LogP contribution is 2.30. The molecule has 13 nitrogen and oxygen atoms in total. The summed E-state index contributed by atoms with van der Waals surface area (Å²) in [5, 5.41) is 14.9. The van der Waals surface area contributed by atoms with E-state index in [1.165, 1.54) is 39.5 Å². The number of halogens is 3. The van der Waals surface area contributed by atoms with Gasteiger partial charge in [0.05, 0.1) is 48.4 Å². The molecular weight excluding hydrogens is 636 g/mol. The van der Waals surface area contributed by atoms with Gasteiger partial charge in [-0.3, -0.25) is 19.1 Å². The van der Waals surface area contributed by atoms with Crippen LogP contribution in [0.5, 0.6) is 0 Å². The van der Waals surface area contributed by atoms with E-state index in [0.717, 1.165) is 6.20 Å². The summed E-state index contributed by atoms with van der Waals surface area (Å²) in [7, 11) is 1.24. The van der Waals surface area contributed by atoms with Gasteiger partial charge in [0, 0.05) is 34.8 Å². The average Bonchev–Trinajstić information content (AvgIpc) is 3.73. The minimum absolute atomic E-state index is 0.00479. The van der Waals surface area contributed by atoms with Crippen LogP contribution in [0.25, 0.3) is 22.6 Å². The van der Waals surface area contributed by atoms with Gasteiger partial charge < -0.3 is 10.1 Å². The molecule has 4 aromatic heterocycles. The molecule has 2 bridgehead atoms. The maximum absolute atomic E-state index is 13.8. The van der Waals surface area contributed by atoms with Crippen molar-refractivity contribution in [1.29, 1.82) is 0 Å². The van der Waals surface area contributed by atoms with Gasteiger partial charge in [0.2, 0.25) is 5.91 Å². The van der Waals surface area contributed by atoms with E-state index in [4.69, 9.17) is 16.3 Å². The number of rotatable bonds is 5. The number of hydrogen-bond donors (Lipinski definition) is 1. The first-order chi connectivity index (χ1) is 22.6. The Morgan fingerprint density at radius 1 is 1.09 bits per heavy atom. The van der Waals surface area contributed by atoms with Crippen LogP contribution < -0.4 is 10.9 Å². The smallest absolute Gasteiger partial charge is 0.358 e. The fourth-order valence-corrected chi connectivity index (χ4v) is 5.59. The van der Waals surface area contributed by atoms with E-state index in [1.54, 1.807) is 36.5 Å². The second-order valence-electron chi connectivity index (χ2n) is 11.0. The van der Waals surface area contributed by atoms with E-state index in [9.17, 15) is 23.2 Å². The molecule has 1 aliphatic heterocycles. The average molecular weight is 664 g/mol. The molecule has 0 spiro atoms. The van der Waals surface area contributed by atoms with Gasteiger partial charge in [0.1, 0.15) is 11.5 Å². The Balaban J connectivity index is 1.41. The molecule has 1 N–H and O–H groups in total. The van der Waals surface area contributed by atoms with Crippen LogP contribution in [0.3, 0.4) is 0 Å². The largest absolute Gasteiger partial charge is 0.464 e. The molecule has 47 heavy (non-hydrogen) atoms. The first-order valence-corrected chi connectivity index (χ1v) is 15.0. The standard InChI is InChI=1S/C31H28ClF2N9O4/c1-17-5-3-4-6-26(22-12-19(9-10-35-22)43-27(37-30(17)45)13-23(39-43)31(46)47-2)41-16-36-21(14-28(41)44)20-11-18(32)7-8-25(20)42-15-24(29(33)34)38-40-42/h7-17,26,29H,3-6H2,1-2H3,(H,37,45). The van der Waals surface area contributed by atoms with E-state index in [1.807, 2.05) is 6.92 Å². The summed E-state index contributed by atoms with van der Waals surface area (Å²) in [5.74, 6) is -0.943. The number of nitrogens with one attached hydrogen (secondary N) is 1. The van der Waals surface area contributed by atoms with E-state index in [2.05, 4.69) is 30.7 Å². The molecule has 242 valence electrons. The summed E-state index contributed by atoms with van der Waals surface area (Å²) < 4.78 is 35.3. The number of methoxy groups -OCH3 is 1. The lowest BCUT2D eigenvalue weighted by atomic mass is 9.99. The molecule has 0 aliphatic carbocycles. The number of carbonyl (C=O) groups is 2. The molecule has 1 aliphatic rings. The van der Waals surface area contributed by atoms with Crippen LogP contribution in [0, 0.1) is 5.92 Å². The van der Waals surface area contributed by atoms with E-state index >= 15 is 0 Å². The number of anilines is 1. The van der Waals surface area contributed by atoms with Gasteiger partial charge in [0.15, 0.2) is 5.69 Å². The van der Waals surface area contributed by atoms with Crippen molar-refractivity contribution in [3.63, 3.8) is 0 Å². The van der Waals surface area contributed by atoms with Gasteiger partial charge in [-0.1, -0.05) is 36.6 Å². The number of ether oxygens (including phenoxy) is 1. The fraction of sp³-hybridized carbons (Fsp3) is 0.290. The summed E-state index contributed by atoms with van der Waals surface area (Å²) in [6.45, 7) is 1.82. The first-order valence-electron chi connectivity index (χ1n) is 14.7. The van der Waals surface area contributed by atoms with Gasteiger partial charge in [-0.2, -0.15) is 5.10 Å². The Hall–Kier alpha value is -5.31. The lowest BCUT2D eigenvalue weighted by molar-refractivity contribution is -0.119. The molecular formula is C31H28ClF2N9O4. The normalized spacial score (nSPS) is 16.9. The van der Waals surface area contributed by atoms with E-state index in [0.29, 0.717) is 53.3 Å². The predicted octanol–water partition coefficient (Wildman–Crippen LogP) is 5.19. The van der Waals surface area contributed by atoms with Gasteiger partial charge in [-0.25, -0.2) is 27.9 Å². The molecule has 0 fully saturated rings. The van der Waals surface area contributed by atoms with Crippen LogP contribution in [0.1, 0.15) is 67.0 Å². The Labute approximate surface area is 271 Å². The van der Waals surface area contributed by atoms with Crippen molar-refractivity contribution in [2.24, 2.45) is 5.92 Å². The van der Waals surface area contributed by atoms with E-state index in [-0.39, 0.29) is 29.0 Å². The molecule has 2 unspecified atom stereocenters. The zero-order valence-corrected chi connectivity index (χ0v) is 25.9. The van der Waals surface area contributed by atoms with Crippen molar-refractivity contribution in [1.82, 2.24) is 39.3 Å². The second kappa shape index (κ2) is 13.2. The summed E-state index contributed by atoms with van der Waals surface area (Å²) in [5.41, 5.74) is 1.13. The molecule has 0 saturated carbocycles. The van der Waals surface area contributed by atoms with Crippen LogP contribution in [-0.4, -0.2) is 58.3 Å². The van der Waals surface area contributed by atoms with Crippen LogP contribution in [-0.2, 0) is 9.53 Å². The minimum Gasteiger partial charge on any atom is -0.464 e. The maximum atomic E-state index is 13.8. The highest BCUT2D eigenvalue weighted by Gasteiger charge is 2.24. The fourth-order valence-electron chi connectivity index (χ4n) is 5.42. The quantitative estimate of drug-likeness (QED) is 0.251. The molecule has 6 rings (SSSR count). The molecule has 16 heteroatoms. The first kappa shape index (κ1) is 31.7. The number of aromatic nitrogens is 8. The molecule has 1 amide bonds. The number of amides is 1. The van der Waals surface area contributed by atoms with Crippen LogP contribution in [0.4, 0.5) is 14.6 Å². The SMILES string of the molecule is COC(=O)c1cc2n(n1)-c1ccnc(c1)C(n1cnc(-c3cc(Cl)ccc3-n3cc(C(F)F)nn3)cc1=O)CCCCC(C)C(=O)N2. The lowest BCUT2D eigenvalue weighted by Crippen LogP contribution is -2.26. The third-order valence-electron chi connectivity index (χ3n) is 7.91. The number of fused-ring (bicyclic) bond motifs is 4. The molecule has 2 atom stereocenters. The third kappa shape index (κ3) is 6.52. The molecule has 0 radical (unpaired) electrons. The summed E-state index contributed by atoms with van der Waals surface area (Å²) >= 11 is 6.28. The van der Waals surface area contributed by atoms with Crippen molar-refractivity contribution in [2.75, 3.05) is 12.4 Å². The predicted molar refractivity (Wildman–Crippen MR) is 166 cm³/mol. The Bertz CT molecular complexity index is 2030. The second-order valence-corrected chi connectivity index (χ2v) is 11.5. The number of benzene rings is 1.